The number of piperidine rings is 1. The van der Waals surface area contributed by atoms with Gasteiger partial charge in [-0.15, -0.1) is 0 Å². The fraction of sp³-hybridized carbons (Fsp3) is 0.417. The Kier molecular flexibility index (Phi) is 7.11. The van der Waals surface area contributed by atoms with Gasteiger partial charge in [-0.05, 0) is 57.4 Å². The van der Waals surface area contributed by atoms with Crippen LogP contribution in [-0.4, -0.2) is 41.6 Å². The van der Waals surface area contributed by atoms with Crippen molar-refractivity contribution >= 4 is 17.7 Å². The van der Waals surface area contributed by atoms with Crippen molar-refractivity contribution < 1.29 is 14.3 Å². The fourth-order valence-corrected chi connectivity index (χ4v) is 3.51. The third-order valence-electron chi connectivity index (χ3n) is 4.94. The van der Waals surface area contributed by atoms with E-state index in [2.05, 4.69) is 39.8 Å². The number of hydrogen-bond donors (Lipinski definition) is 2. The second-order valence-corrected chi connectivity index (χ2v) is 8.72. The molecule has 6 heteroatoms. The molecule has 1 aliphatic heterocycles. The summed E-state index contributed by atoms with van der Waals surface area (Å²) < 4.78 is 5.26. The van der Waals surface area contributed by atoms with E-state index in [9.17, 15) is 9.59 Å². The number of amides is 2. The second-order valence-electron chi connectivity index (χ2n) is 8.72. The van der Waals surface area contributed by atoms with Crippen molar-refractivity contribution in [3.05, 3.63) is 65.7 Å². The molecule has 0 aromatic heterocycles. The molecular formula is C24H31N3O3. The van der Waals surface area contributed by atoms with Crippen molar-refractivity contribution in [1.29, 1.82) is 0 Å². The summed E-state index contributed by atoms with van der Waals surface area (Å²) in [6, 6.07) is 17.5. The maximum Gasteiger partial charge on any atom is 0.412 e. The lowest BCUT2D eigenvalue weighted by Gasteiger charge is -2.32. The molecule has 1 aliphatic rings. The number of rotatable bonds is 5. The Morgan fingerprint density at radius 3 is 2.40 bits per heavy atom. The SMILES string of the molecule is CC(C)(C)OC(=O)Nc1cccc(C(=O)NC2CCN(Cc3ccccc3)CC2)c1. The molecule has 0 spiro atoms. The van der Waals surface area contributed by atoms with E-state index in [1.165, 1.54) is 5.56 Å². The molecule has 0 unspecified atom stereocenters. The predicted octanol–water partition coefficient (Wildman–Crippen LogP) is 4.43. The number of likely N-dealkylation sites (tertiary alicyclic amines) is 1. The van der Waals surface area contributed by atoms with Gasteiger partial charge in [0.25, 0.3) is 5.91 Å². The molecule has 160 valence electrons. The van der Waals surface area contributed by atoms with Crippen LogP contribution in [0.15, 0.2) is 54.6 Å². The van der Waals surface area contributed by atoms with Gasteiger partial charge in [0.2, 0.25) is 0 Å². The summed E-state index contributed by atoms with van der Waals surface area (Å²) in [6.07, 6.45) is 1.31. The smallest absolute Gasteiger partial charge is 0.412 e. The third kappa shape index (κ3) is 6.88. The number of nitrogens with one attached hydrogen (secondary N) is 2. The van der Waals surface area contributed by atoms with E-state index in [4.69, 9.17) is 4.74 Å². The first-order chi connectivity index (χ1) is 14.3. The number of anilines is 1. The van der Waals surface area contributed by atoms with E-state index < -0.39 is 11.7 Å². The van der Waals surface area contributed by atoms with Crippen LogP contribution in [0.25, 0.3) is 0 Å². The molecule has 30 heavy (non-hydrogen) atoms. The lowest BCUT2D eigenvalue weighted by molar-refractivity contribution is 0.0635. The normalized spacial score (nSPS) is 15.4. The Labute approximate surface area is 178 Å². The van der Waals surface area contributed by atoms with Gasteiger partial charge in [0.1, 0.15) is 5.60 Å². The van der Waals surface area contributed by atoms with Gasteiger partial charge >= 0.3 is 6.09 Å². The van der Waals surface area contributed by atoms with Crippen molar-refractivity contribution in [2.75, 3.05) is 18.4 Å². The summed E-state index contributed by atoms with van der Waals surface area (Å²) in [4.78, 5) is 27.1. The molecule has 2 aromatic carbocycles. The van der Waals surface area contributed by atoms with Crippen molar-refractivity contribution in [1.82, 2.24) is 10.2 Å². The van der Waals surface area contributed by atoms with E-state index in [1.807, 2.05) is 26.8 Å². The Bertz CT molecular complexity index is 853. The highest BCUT2D eigenvalue weighted by Crippen LogP contribution is 2.17. The molecule has 0 aliphatic carbocycles. The van der Waals surface area contributed by atoms with Crippen LogP contribution in [0.5, 0.6) is 0 Å². The second kappa shape index (κ2) is 9.76. The minimum Gasteiger partial charge on any atom is -0.444 e. The number of carbonyl (C=O) groups excluding carboxylic acids is 2. The summed E-state index contributed by atoms with van der Waals surface area (Å²) in [5.74, 6) is -0.121. The van der Waals surface area contributed by atoms with Gasteiger partial charge in [-0.2, -0.15) is 0 Å². The molecule has 2 aromatic rings. The molecule has 1 heterocycles. The van der Waals surface area contributed by atoms with E-state index in [-0.39, 0.29) is 11.9 Å². The maximum atomic E-state index is 12.7. The van der Waals surface area contributed by atoms with E-state index in [0.717, 1.165) is 32.5 Å². The lowest BCUT2D eigenvalue weighted by Crippen LogP contribution is -2.44. The standard InChI is InChI=1S/C24H31N3O3/c1-24(2,3)30-23(29)26-21-11-7-10-19(16-21)22(28)25-20-12-14-27(15-13-20)17-18-8-5-4-6-9-18/h4-11,16,20H,12-15,17H2,1-3H3,(H,25,28)(H,26,29). The molecule has 2 amide bonds. The van der Waals surface area contributed by atoms with Crippen molar-refractivity contribution in [2.24, 2.45) is 0 Å². The Balaban J connectivity index is 1.49. The minimum absolute atomic E-state index is 0.121. The highest BCUT2D eigenvalue weighted by Gasteiger charge is 2.22. The van der Waals surface area contributed by atoms with Gasteiger partial charge in [0.05, 0.1) is 0 Å². The highest BCUT2D eigenvalue weighted by atomic mass is 16.6. The topological polar surface area (TPSA) is 70.7 Å². The molecule has 3 rings (SSSR count). The first-order valence-corrected chi connectivity index (χ1v) is 10.5. The number of benzene rings is 2. The van der Waals surface area contributed by atoms with Crippen molar-refractivity contribution in [3.63, 3.8) is 0 Å². The monoisotopic (exact) mass is 409 g/mol. The average Bonchev–Trinajstić information content (AvgIpc) is 2.69. The molecule has 2 N–H and O–H groups in total. The zero-order chi connectivity index (χ0) is 21.6. The summed E-state index contributed by atoms with van der Waals surface area (Å²) >= 11 is 0. The van der Waals surface area contributed by atoms with E-state index >= 15 is 0 Å². The summed E-state index contributed by atoms with van der Waals surface area (Å²) in [6.45, 7) is 8.28. The number of carbonyl (C=O) groups is 2. The third-order valence-corrected chi connectivity index (χ3v) is 4.94. The molecule has 0 saturated carbocycles. The molecule has 0 radical (unpaired) electrons. The summed E-state index contributed by atoms with van der Waals surface area (Å²) in [7, 11) is 0. The van der Waals surface area contributed by atoms with Crippen LogP contribution in [-0.2, 0) is 11.3 Å². The Hall–Kier alpha value is -2.86. The zero-order valence-corrected chi connectivity index (χ0v) is 18.0. The van der Waals surface area contributed by atoms with Crippen LogP contribution in [0.2, 0.25) is 0 Å². The molecular weight excluding hydrogens is 378 g/mol. The zero-order valence-electron chi connectivity index (χ0n) is 18.0. The maximum absolute atomic E-state index is 12.7. The Morgan fingerprint density at radius 2 is 1.73 bits per heavy atom. The molecule has 0 bridgehead atoms. The molecule has 6 nitrogen and oxygen atoms in total. The van der Waals surface area contributed by atoms with Gasteiger partial charge in [0, 0.05) is 36.9 Å². The van der Waals surface area contributed by atoms with E-state index in [1.54, 1.807) is 24.3 Å². The number of ether oxygens (including phenoxy) is 1. The van der Waals surface area contributed by atoms with Crippen LogP contribution in [0.1, 0.15) is 49.5 Å². The highest BCUT2D eigenvalue weighted by molar-refractivity contribution is 5.96. The van der Waals surface area contributed by atoms with Gasteiger partial charge in [-0.1, -0.05) is 36.4 Å². The Morgan fingerprint density at radius 1 is 1.03 bits per heavy atom. The predicted molar refractivity (Wildman–Crippen MR) is 119 cm³/mol. The van der Waals surface area contributed by atoms with Gasteiger partial charge in [0.15, 0.2) is 0 Å². The number of hydrogen-bond acceptors (Lipinski definition) is 4. The van der Waals surface area contributed by atoms with Gasteiger partial charge < -0.3 is 10.1 Å². The lowest BCUT2D eigenvalue weighted by atomic mass is 10.0. The number of nitrogens with zero attached hydrogens (tertiary/aromatic N) is 1. The van der Waals surface area contributed by atoms with Crippen LogP contribution in [0.3, 0.4) is 0 Å². The first-order valence-electron chi connectivity index (χ1n) is 10.5. The summed E-state index contributed by atoms with van der Waals surface area (Å²) in [5.41, 5.74) is 1.80. The summed E-state index contributed by atoms with van der Waals surface area (Å²) in [5, 5.41) is 5.81. The van der Waals surface area contributed by atoms with Crippen LogP contribution >= 0.6 is 0 Å². The fourth-order valence-electron chi connectivity index (χ4n) is 3.51. The van der Waals surface area contributed by atoms with Crippen LogP contribution in [0.4, 0.5) is 10.5 Å². The first kappa shape index (κ1) is 21.8. The van der Waals surface area contributed by atoms with Crippen LogP contribution in [0, 0.1) is 0 Å². The van der Waals surface area contributed by atoms with E-state index in [0.29, 0.717) is 11.3 Å². The largest absolute Gasteiger partial charge is 0.444 e. The van der Waals surface area contributed by atoms with Crippen molar-refractivity contribution in [2.45, 2.75) is 51.8 Å². The van der Waals surface area contributed by atoms with Crippen molar-refractivity contribution in [3.8, 4) is 0 Å². The molecule has 0 atom stereocenters. The minimum atomic E-state index is -0.575. The quantitative estimate of drug-likeness (QED) is 0.767. The van der Waals surface area contributed by atoms with Gasteiger partial charge in [-0.25, -0.2) is 4.79 Å². The molecule has 1 fully saturated rings. The van der Waals surface area contributed by atoms with Crippen LogP contribution < -0.4 is 10.6 Å². The molecule has 1 saturated heterocycles. The van der Waals surface area contributed by atoms with Gasteiger partial charge in [-0.3, -0.25) is 15.0 Å². The average molecular weight is 410 g/mol.